The Bertz CT molecular complexity index is 685. The molecule has 0 fully saturated rings. The van der Waals surface area contributed by atoms with E-state index < -0.39 is 17.7 Å². The van der Waals surface area contributed by atoms with Gasteiger partial charge in [0.15, 0.2) is 6.61 Å². The summed E-state index contributed by atoms with van der Waals surface area (Å²) in [4.78, 5) is 23.2. The van der Waals surface area contributed by atoms with Gasteiger partial charge in [0.1, 0.15) is 23.9 Å². The van der Waals surface area contributed by atoms with Gasteiger partial charge in [-0.15, -0.1) is 0 Å². The zero-order valence-corrected chi connectivity index (χ0v) is 12.5. The first-order chi connectivity index (χ1) is 11.0. The fourth-order valence-corrected chi connectivity index (χ4v) is 1.70. The van der Waals surface area contributed by atoms with E-state index in [1.807, 2.05) is 19.1 Å². The second-order valence-electron chi connectivity index (χ2n) is 4.81. The molecule has 23 heavy (non-hydrogen) atoms. The molecule has 0 bridgehead atoms. The number of hydrogen-bond acceptors (Lipinski definition) is 4. The average molecular weight is 317 g/mol. The Labute approximate surface area is 133 Å². The fraction of sp³-hybridized carbons (Fsp3) is 0.176. The van der Waals surface area contributed by atoms with E-state index in [1.54, 1.807) is 12.1 Å². The van der Waals surface area contributed by atoms with E-state index in [1.165, 1.54) is 24.3 Å². The predicted octanol–water partition coefficient (Wildman–Crippen LogP) is 2.23. The number of halogens is 1. The third-order valence-corrected chi connectivity index (χ3v) is 2.85. The molecule has 0 saturated carbocycles. The number of ether oxygens (including phenoxy) is 2. The first-order valence-electron chi connectivity index (χ1n) is 6.95. The van der Waals surface area contributed by atoms with Crippen LogP contribution in [-0.2, 0) is 9.59 Å². The largest absolute Gasteiger partial charge is 0.484 e. The van der Waals surface area contributed by atoms with Gasteiger partial charge in [0, 0.05) is 6.07 Å². The second-order valence-corrected chi connectivity index (χ2v) is 4.81. The molecule has 6 heteroatoms. The summed E-state index contributed by atoms with van der Waals surface area (Å²) in [6.45, 7) is 1.32. The molecule has 0 aliphatic rings. The molecule has 5 nitrogen and oxygen atoms in total. The standard InChI is InChI=1S/C17H16FNO4/c1-12-5-7-14(8-6-12)23-17(21)10-19-16(20)11-22-15-4-2-3-13(18)9-15/h2-9H,10-11H2,1H3,(H,19,20). The molecule has 2 aromatic carbocycles. The van der Waals surface area contributed by atoms with Crippen molar-refractivity contribution in [3.8, 4) is 11.5 Å². The van der Waals surface area contributed by atoms with E-state index in [-0.39, 0.29) is 18.9 Å². The van der Waals surface area contributed by atoms with Crippen LogP contribution in [0.25, 0.3) is 0 Å². The van der Waals surface area contributed by atoms with Gasteiger partial charge in [-0.3, -0.25) is 4.79 Å². The van der Waals surface area contributed by atoms with Crippen molar-refractivity contribution in [2.75, 3.05) is 13.2 Å². The zero-order chi connectivity index (χ0) is 16.7. The molecule has 0 unspecified atom stereocenters. The van der Waals surface area contributed by atoms with Crippen molar-refractivity contribution < 1.29 is 23.5 Å². The normalized spacial score (nSPS) is 10.0. The quantitative estimate of drug-likeness (QED) is 0.655. The Kier molecular flexibility index (Phi) is 5.68. The number of carbonyl (C=O) groups excluding carboxylic acids is 2. The molecule has 0 aliphatic heterocycles. The summed E-state index contributed by atoms with van der Waals surface area (Å²) in [6, 6.07) is 12.4. The lowest BCUT2D eigenvalue weighted by Gasteiger charge is -2.08. The molecule has 0 spiro atoms. The molecule has 0 aromatic heterocycles. The predicted molar refractivity (Wildman–Crippen MR) is 81.7 cm³/mol. The maximum Gasteiger partial charge on any atom is 0.330 e. The molecule has 1 amide bonds. The Balaban J connectivity index is 1.71. The van der Waals surface area contributed by atoms with Gasteiger partial charge in [-0.05, 0) is 31.2 Å². The monoisotopic (exact) mass is 317 g/mol. The highest BCUT2D eigenvalue weighted by atomic mass is 19.1. The minimum Gasteiger partial charge on any atom is -0.484 e. The van der Waals surface area contributed by atoms with E-state index >= 15 is 0 Å². The third-order valence-electron chi connectivity index (χ3n) is 2.85. The molecule has 0 heterocycles. The Morgan fingerprint density at radius 3 is 2.52 bits per heavy atom. The number of amides is 1. The summed E-state index contributed by atoms with van der Waals surface area (Å²) in [5.41, 5.74) is 1.05. The number of esters is 1. The molecule has 0 atom stereocenters. The highest BCUT2D eigenvalue weighted by Gasteiger charge is 2.08. The van der Waals surface area contributed by atoms with Gasteiger partial charge >= 0.3 is 5.97 Å². The fourth-order valence-electron chi connectivity index (χ4n) is 1.70. The van der Waals surface area contributed by atoms with Gasteiger partial charge < -0.3 is 14.8 Å². The first-order valence-corrected chi connectivity index (χ1v) is 6.95. The Hall–Kier alpha value is -2.89. The minimum atomic E-state index is -0.590. The van der Waals surface area contributed by atoms with Gasteiger partial charge in [-0.25, -0.2) is 9.18 Å². The van der Waals surface area contributed by atoms with E-state index in [0.29, 0.717) is 5.75 Å². The van der Waals surface area contributed by atoms with Crippen LogP contribution in [0.5, 0.6) is 11.5 Å². The number of benzene rings is 2. The molecule has 0 aliphatic carbocycles. The van der Waals surface area contributed by atoms with Crippen molar-refractivity contribution in [1.82, 2.24) is 5.32 Å². The zero-order valence-electron chi connectivity index (χ0n) is 12.5. The van der Waals surface area contributed by atoms with Crippen LogP contribution in [0.1, 0.15) is 5.56 Å². The molecule has 120 valence electrons. The number of aryl methyl sites for hydroxylation is 1. The van der Waals surface area contributed by atoms with Crippen LogP contribution < -0.4 is 14.8 Å². The lowest BCUT2D eigenvalue weighted by atomic mass is 10.2. The van der Waals surface area contributed by atoms with Gasteiger partial charge in [-0.1, -0.05) is 23.8 Å². The first kappa shape index (κ1) is 16.5. The molecular formula is C17H16FNO4. The summed E-state index contributed by atoms with van der Waals surface area (Å²) in [7, 11) is 0. The summed E-state index contributed by atoms with van der Waals surface area (Å²) in [5.74, 6) is -0.902. The van der Waals surface area contributed by atoms with Crippen molar-refractivity contribution in [2.24, 2.45) is 0 Å². The third kappa shape index (κ3) is 5.78. The SMILES string of the molecule is Cc1ccc(OC(=O)CNC(=O)COc2cccc(F)c2)cc1. The number of nitrogens with one attached hydrogen (secondary N) is 1. The highest BCUT2D eigenvalue weighted by molar-refractivity contribution is 5.83. The number of carbonyl (C=O) groups is 2. The highest BCUT2D eigenvalue weighted by Crippen LogP contribution is 2.12. The molecule has 2 rings (SSSR count). The van der Waals surface area contributed by atoms with Crippen molar-refractivity contribution in [3.05, 3.63) is 59.9 Å². The van der Waals surface area contributed by atoms with E-state index in [2.05, 4.69) is 5.32 Å². The summed E-state index contributed by atoms with van der Waals surface area (Å²) >= 11 is 0. The second kappa shape index (κ2) is 7.93. The minimum absolute atomic E-state index is 0.238. The van der Waals surface area contributed by atoms with Gasteiger partial charge in [0.25, 0.3) is 5.91 Å². The Morgan fingerprint density at radius 2 is 1.83 bits per heavy atom. The molecule has 0 radical (unpaired) electrons. The van der Waals surface area contributed by atoms with Gasteiger partial charge in [0.2, 0.25) is 0 Å². The summed E-state index contributed by atoms with van der Waals surface area (Å²) < 4.78 is 23.1. The van der Waals surface area contributed by atoms with Crippen LogP contribution in [0.4, 0.5) is 4.39 Å². The van der Waals surface area contributed by atoms with Crippen LogP contribution in [0, 0.1) is 12.7 Å². The summed E-state index contributed by atoms with van der Waals surface area (Å²) in [6.07, 6.45) is 0. The van der Waals surface area contributed by atoms with Gasteiger partial charge in [0.05, 0.1) is 0 Å². The Morgan fingerprint density at radius 1 is 1.09 bits per heavy atom. The smallest absolute Gasteiger partial charge is 0.330 e. The van der Waals surface area contributed by atoms with E-state index in [9.17, 15) is 14.0 Å². The van der Waals surface area contributed by atoms with Crippen molar-refractivity contribution >= 4 is 11.9 Å². The lowest BCUT2D eigenvalue weighted by Crippen LogP contribution is -2.35. The van der Waals surface area contributed by atoms with Crippen molar-refractivity contribution in [2.45, 2.75) is 6.92 Å². The van der Waals surface area contributed by atoms with Crippen molar-refractivity contribution in [1.29, 1.82) is 0 Å². The van der Waals surface area contributed by atoms with Crippen LogP contribution >= 0.6 is 0 Å². The van der Waals surface area contributed by atoms with Crippen molar-refractivity contribution in [3.63, 3.8) is 0 Å². The maximum absolute atomic E-state index is 12.9. The molecular weight excluding hydrogens is 301 g/mol. The molecule has 1 N–H and O–H groups in total. The van der Waals surface area contributed by atoms with Crippen LogP contribution in [0.15, 0.2) is 48.5 Å². The number of rotatable bonds is 6. The molecule has 0 saturated heterocycles. The topological polar surface area (TPSA) is 64.6 Å². The van der Waals surface area contributed by atoms with Crippen LogP contribution in [0.2, 0.25) is 0 Å². The lowest BCUT2D eigenvalue weighted by molar-refractivity contribution is -0.135. The van der Waals surface area contributed by atoms with Gasteiger partial charge in [-0.2, -0.15) is 0 Å². The summed E-state index contributed by atoms with van der Waals surface area (Å²) in [5, 5.41) is 2.37. The maximum atomic E-state index is 12.9. The number of hydrogen-bond donors (Lipinski definition) is 1. The average Bonchev–Trinajstić information content (AvgIpc) is 2.53. The van der Waals surface area contributed by atoms with E-state index in [4.69, 9.17) is 9.47 Å². The molecule has 2 aromatic rings. The van der Waals surface area contributed by atoms with Crippen LogP contribution in [-0.4, -0.2) is 25.0 Å². The van der Waals surface area contributed by atoms with Crippen LogP contribution in [0.3, 0.4) is 0 Å². The van der Waals surface area contributed by atoms with E-state index in [0.717, 1.165) is 5.56 Å².